The molecule has 1 nitrogen and oxygen atoms in total. The van der Waals surface area contributed by atoms with Gasteiger partial charge in [0.15, 0.2) is 5.92 Å². The molecule has 0 saturated carbocycles. The Morgan fingerprint density at radius 3 is 2.05 bits per heavy atom. The quantitative estimate of drug-likeness (QED) is 0.681. The van der Waals surface area contributed by atoms with Gasteiger partial charge in [-0.3, -0.25) is 0 Å². The highest BCUT2D eigenvalue weighted by Crippen LogP contribution is 2.47. The Balaban J connectivity index is 3.18. The molecular weight excluding hydrogens is 372 g/mol. The first-order chi connectivity index (χ1) is 9.07. The molecule has 1 N–H and O–H groups in total. The highest BCUT2D eigenvalue weighted by Gasteiger charge is 2.60. The minimum atomic E-state index is -5.36. The topological polar surface area (TPSA) is 12.0 Å². The van der Waals surface area contributed by atoms with Crippen molar-refractivity contribution in [2.75, 3.05) is 6.54 Å². The van der Waals surface area contributed by atoms with Crippen LogP contribution in [0.4, 0.5) is 26.3 Å². The lowest BCUT2D eigenvalue weighted by atomic mass is 9.96. The van der Waals surface area contributed by atoms with Crippen LogP contribution in [0.1, 0.15) is 24.3 Å². The van der Waals surface area contributed by atoms with Crippen molar-refractivity contribution in [2.24, 2.45) is 5.92 Å². The molecule has 20 heavy (non-hydrogen) atoms. The third-order valence-electron chi connectivity index (χ3n) is 2.55. The molecule has 1 heterocycles. The van der Waals surface area contributed by atoms with Crippen LogP contribution in [0.5, 0.6) is 0 Å². The Bertz CT molecular complexity index is 413. The second kappa shape index (κ2) is 6.65. The summed E-state index contributed by atoms with van der Waals surface area (Å²) in [5.74, 6) is -3.42. The normalized spacial score (nSPS) is 14.8. The summed E-state index contributed by atoms with van der Waals surface area (Å²) in [4.78, 5) is 0.00461. The number of hydrogen-bond donors (Lipinski definition) is 1. The van der Waals surface area contributed by atoms with Gasteiger partial charge in [0.2, 0.25) is 0 Å². The smallest absolute Gasteiger partial charge is 0.308 e. The number of rotatable bonds is 5. The highest BCUT2D eigenvalue weighted by molar-refractivity contribution is 9.11. The van der Waals surface area contributed by atoms with E-state index in [4.69, 9.17) is 0 Å². The molecule has 0 saturated heterocycles. The Morgan fingerprint density at radius 2 is 1.70 bits per heavy atom. The van der Waals surface area contributed by atoms with Crippen LogP contribution in [0.3, 0.4) is 0 Å². The Morgan fingerprint density at radius 1 is 1.15 bits per heavy atom. The fourth-order valence-corrected chi connectivity index (χ4v) is 3.28. The zero-order chi connectivity index (χ0) is 15.6. The van der Waals surface area contributed by atoms with E-state index in [9.17, 15) is 26.3 Å². The van der Waals surface area contributed by atoms with Crippen LogP contribution in [0.15, 0.2) is 15.9 Å². The summed E-state index contributed by atoms with van der Waals surface area (Å²) in [6.07, 6.45) is -10.3. The Kier molecular flexibility index (Phi) is 5.91. The van der Waals surface area contributed by atoms with E-state index in [1.54, 1.807) is 6.92 Å². The maximum atomic E-state index is 12.8. The Hall–Kier alpha value is -0.280. The van der Waals surface area contributed by atoms with Crippen LogP contribution in [0.25, 0.3) is 0 Å². The monoisotopic (exact) mass is 383 g/mol. The van der Waals surface area contributed by atoms with Gasteiger partial charge in [-0.2, -0.15) is 26.3 Å². The van der Waals surface area contributed by atoms with Crippen molar-refractivity contribution >= 4 is 27.3 Å². The molecule has 116 valence electrons. The molecule has 0 aliphatic rings. The minimum absolute atomic E-state index is 0.00461. The third kappa shape index (κ3) is 4.63. The van der Waals surface area contributed by atoms with Crippen LogP contribution in [-0.4, -0.2) is 18.9 Å². The van der Waals surface area contributed by atoms with E-state index in [0.29, 0.717) is 10.2 Å². The van der Waals surface area contributed by atoms with Gasteiger partial charge >= 0.3 is 12.4 Å². The molecule has 1 atom stereocenters. The Labute approximate surface area is 124 Å². The number of thiophene rings is 1. The van der Waals surface area contributed by atoms with E-state index in [0.717, 1.165) is 11.3 Å². The van der Waals surface area contributed by atoms with Gasteiger partial charge in [0.05, 0.1) is 9.83 Å². The van der Waals surface area contributed by atoms with E-state index < -0.39 is 24.3 Å². The van der Waals surface area contributed by atoms with Crippen molar-refractivity contribution in [2.45, 2.75) is 31.7 Å². The van der Waals surface area contributed by atoms with E-state index in [2.05, 4.69) is 21.2 Å². The summed E-state index contributed by atoms with van der Waals surface area (Å²) in [6, 6.07) is 0.878. The first-order valence-corrected chi connectivity index (χ1v) is 7.30. The maximum Gasteiger partial charge on any atom is 0.402 e. The van der Waals surface area contributed by atoms with Gasteiger partial charge in [-0.15, -0.1) is 11.3 Å². The number of alkyl halides is 6. The summed E-state index contributed by atoms with van der Waals surface area (Å²) in [6.45, 7) is 1.74. The predicted octanol–water partition coefficient (Wildman–Crippen LogP) is 5.29. The second-order valence-corrected chi connectivity index (χ2v) is 6.63. The van der Waals surface area contributed by atoms with Crippen molar-refractivity contribution < 1.29 is 26.3 Å². The maximum absolute atomic E-state index is 12.8. The van der Waals surface area contributed by atoms with Crippen LogP contribution in [0, 0.1) is 5.92 Å². The number of nitrogens with one attached hydrogen (secondary N) is 1. The van der Waals surface area contributed by atoms with Crippen LogP contribution >= 0.6 is 27.3 Å². The van der Waals surface area contributed by atoms with E-state index >= 15 is 0 Å². The summed E-state index contributed by atoms with van der Waals surface area (Å²) in [7, 11) is 0. The van der Waals surface area contributed by atoms with Gasteiger partial charge in [-0.05, 0) is 41.0 Å². The average molecular weight is 384 g/mol. The molecule has 0 amide bonds. The molecule has 1 unspecified atom stereocenters. The highest BCUT2D eigenvalue weighted by atomic mass is 79.9. The van der Waals surface area contributed by atoms with Crippen LogP contribution < -0.4 is 5.32 Å². The lowest BCUT2D eigenvalue weighted by Gasteiger charge is -2.30. The zero-order valence-corrected chi connectivity index (χ0v) is 12.7. The van der Waals surface area contributed by atoms with Gasteiger partial charge in [0, 0.05) is 4.88 Å². The van der Waals surface area contributed by atoms with E-state index in [1.165, 1.54) is 12.1 Å². The largest absolute Gasteiger partial charge is 0.402 e. The van der Waals surface area contributed by atoms with Gasteiger partial charge in [0.25, 0.3) is 0 Å². The second-order valence-electron chi connectivity index (χ2n) is 4.13. The van der Waals surface area contributed by atoms with Crippen molar-refractivity contribution in [3.63, 3.8) is 0 Å². The molecule has 0 aliphatic heterocycles. The molecule has 0 spiro atoms. The third-order valence-corrected chi connectivity index (χ3v) is 4.26. The molecule has 0 bridgehead atoms. The zero-order valence-electron chi connectivity index (χ0n) is 10.3. The molecule has 0 radical (unpaired) electrons. The van der Waals surface area contributed by atoms with Crippen molar-refractivity contribution in [3.8, 4) is 0 Å². The molecule has 1 aromatic heterocycles. The molecular formula is C11H12BrF6NS. The van der Waals surface area contributed by atoms with Gasteiger partial charge in [-0.25, -0.2) is 0 Å². The number of hydrogen-bond acceptors (Lipinski definition) is 2. The van der Waals surface area contributed by atoms with E-state index in [-0.39, 0.29) is 11.4 Å². The SMILES string of the molecule is CCCNC(c1ccc(Br)s1)C(C(F)(F)F)C(F)(F)F. The van der Waals surface area contributed by atoms with E-state index in [1.807, 2.05) is 0 Å². The number of halogens is 7. The van der Waals surface area contributed by atoms with Crippen LogP contribution in [0.2, 0.25) is 0 Å². The van der Waals surface area contributed by atoms with Gasteiger partial charge in [-0.1, -0.05) is 6.92 Å². The summed E-state index contributed by atoms with van der Waals surface area (Å²) in [5.41, 5.74) is 0. The fraction of sp³-hybridized carbons (Fsp3) is 0.636. The first kappa shape index (κ1) is 17.8. The summed E-state index contributed by atoms with van der Waals surface area (Å²) < 4.78 is 77.4. The molecule has 0 aliphatic carbocycles. The summed E-state index contributed by atoms with van der Waals surface area (Å²) >= 11 is 3.91. The first-order valence-electron chi connectivity index (χ1n) is 5.69. The van der Waals surface area contributed by atoms with Crippen LogP contribution in [-0.2, 0) is 0 Å². The molecule has 1 rings (SSSR count). The molecule has 0 fully saturated rings. The van der Waals surface area contributed by atoms with Crippen molar-refractivity contribution in [1.82, 2.24) is 5.32 Å². The van der Waals surface area contributed by atoms with Gasteiger partial charge < -0.3 is 5.32 Å². The predicted molar refractivity (Wildman–Crippen MR) is 68.7 cm³/mol. The molecule has 1 aromatic rings. The standard InChI is InChI=1S/C11H12BrF6NS/c1-2-5-19-8(6-3-4-7(12)20-6)9(10(13,14)15)11(16,17)18/h3-4,8-9,19H,2,5H2,1H3. The molecule has 0 aromatic carbocycles. The van der Waals surface area contributed by atoms with Gasteiger partial charge in [0.1, 0.15) is 0 Å². The minimum Gasteiger partial charge on any atom is -0.308 e. The summed E-state index contributed by atoms with van der Waals surface area (Å²) in [5, 5.41) is 2.36. The lowest BCUT2D eigenvalue weighted by Crippen LogP contribution is -2.45. The average Bonchev–Trinajstić information content (AvgIpc) is 2.67. The fourth-order valence-electron chi connectivity index (χ4n) is 1.74. The lowest BCUT2D eigenvalue weighted by molar-refractivity contribution is -0.292. The van der Waals surface area contributed by atoms with Crippen molar-refractivity contribution in [3.05, 3.63) is 20.8 Å². The van der Waals surface area contributed by atoms with Crippen molar-refractivity contribution in [1.29, 1.82) is 0 Å². The molecule has 9 heteroatoms.